The highest BCUT2D eigenvalue weighted by Gasteiger charge is 2.46. The Morgan fingerprint density at radius 3 is 2.50 bits per heavy atom. The molecule has 0 radical (unpaired) electrons. The van der Waals surface area contributed by atoms with E-state index in [1.165, 1.54) is 12.3 Å². The third-order valence-corrected chi connectivity index (χ3v) is 4.21. The molecule has 0 spiro atoms. The molecule has 0 aromatic heterocycles. The maximum Gasteiger partial charge on any atom is 0.150 e. The number of sulfone groups is 1. The zero-order valence-electron chi connectivity index (χ0n) is 7.77. The predicted octanol–water partition coefficient (Wildman–Crippen LogP) is 1.73. The van der Waals surface area contributed by atoms with E-state index in [0.717, 1.165) is 0 Å². The molecule has 0 heterocycles. The summed E-state index contributed by atoms with van der Waals surface area (Å²) < 4.78 is 35.6. The molecule has 14 heavy (non-hydrogen) atoms. The van der Waals surface area contributed by atoms with Crippen molar-refractivity contribution < 1.29 is 12.8 Å². The molecular weight excluding hydrogens is 203 g/mol. The fraction of sp³-hybridized carbons (Fsp3) is 0.400. The van der Waals surface area contributed by atoms with E-state index >= 15 is 0 Å². The molecule has 2 atom stereocenters. The lowest BCUT2D eigenvalue weighted by molar-refractivity contribution is 0.597. The highest BCUT2D eigenvalue weighted by atomic mass is 32.2. The molecule has 1 saturated carbocycles. The summed E-state index contributed by atoms with van der Waals surface area (Å²) in [6, 6.07) is 6.37. The van der Waals surface area contributed by atoms with Gasteiger partial charge in [-0.1, -0.05) is 18.2 Å². The van der Waals surface area contributed by atoms with Gasteiger partial charge in [0, 0.05) is 12.2 Å². The molecule has 1 aliphatic carbocycles. The van der Waals surface area contributed by atoms with Crippen LogP contribution in [-0.2, 0) is 9.84 Å². The molecule has 4 heteroatoms. The van der Waals surface area contributed by atoms with Crippen molar-refractivity contribution in [3.05, 3.63) is 35.6 Å². The monoisotopic (exact) mass is 214 g/mol. The molecule has 0 amide bonds. The van der Waals surface area contributed by atoms with Crippen LogP contribution in [0.5, 0.6) is 0 Å². The summed E-state index contributed by atoms with van der Waals surface area (Å²) in [5.41, 5.74) is 0.530. The normalized spacial score (nSPS) is 26.1. The van der Waals surface area contributed by atoms with E-state index in [9.17, 15) is 12.8 Å². The van der Waals surface area contributed by atoms with E-state index in [1.807, 2.05) is 0 Å². The first-order valence-corrected chi connectivity index (χ1v) is 6.39. The summed E-state index contributed by atoms with van der Waals surface area (Å²) in [5, 5.41) is -0.376. The second-order valence-electron chi connectivity index (χ2n) is 3.73. The van der Waals surface area contributed by atoms with Gasteiger partial charge in [-0.25, -0.2) is 12.8 Å². The predicted molar refractivity (Wildman–Crippen MR) is 52.4 cm³/mol. The van der Waals surface area contributed by atoms with Gasteiger partial charge in [0.15, 0.2) is 9.84 Å². The number of hydrogen-bond acceptors (Lipinski definition) is 2. The average molecular weight is 214 g/mol. The van der Waals surface area contributed by atoms with E-state index in [4.69, 9.17) is 0 Å². The van der Waals surface area contributed by atoms with Gasteiger partial charge < -0.3 is 0 Å². The quantitative estimate of drug-likeness (QED) is 0.751. The van der Waals surface area contributed by atoms with Gasteiger partial charge >= 0.3 is 0 Å². The van der Waals surface area contributed by atoms with E-state index in [2.05, 4.69) is 0 Å². The fourth-order valence-corrected chi connectivity index (χ4v) is 3.05. The molecule has 1 aromatic rings. The Bertz CT molecular complexity index is 453. The van der Waals surface area contributed by atoms with Crippen molar-refractivity contribution in [3.63, 3.8) is 0 Å². The molecule has 2 rings (SSSR count). The fourth-order valence-electron chi connectivity index (χ4n) is 1.75. The SMILES string of the molecule is CS(=O)(=O)[C@@H]1C[C@@H]1c1ccccc1F. The molecule has 2 nitrogen and oxygen atoms in total. The zero-order chi connectivity index (χ0) is 10.3. The second-order valence-corrected chi connectivity index (χ2v) is 6.00. The maximum atomic E-state index is 13.2. The molecule has 0 aliphatic heterocycles. The van der Waals surface area contributed by atoms with Crippen molar-refractivity contribution in [2.75, 3.05) is 6.26 Å². The Labute approximate surface area is 82.7 Å². The summed E-state index contributed by atoms with van der Waals surface area (Å²) in [6.45, 7) is 0. The minimum atomic E-state index is -3.01. The lowest BCUT2D eigenvalue weighted by Crippen LogP contribution is -2.05. The number of benzene rings is 1. The molecule has 0 unspecified atom stereocenters. The van der Waals surface area contributed by atoms with Crippen LogP contribution in [-0.4, -0.2) is 19.9 Å². The van der Waals surface area contributed by atoms with Crippen molar-refractivity contribution in [2.24, 2.45) is 0 Å². The Morgan fingerprint density at radius 2 is 2.00 bits per heavy atom. The first-order valence-electron chi connectivity index (χ1n) is 4.43. The van der Waals surface area contributed by atoms with Gasteiger partial charge in [0.05, 0.1) is 5.25 Å². The van der Waals surface area contributed by atoms with E-state index in [0.29, 0.717) is 12.0 Å². The molecule has 0 saturated heterocycles. The summed E-state index contributed by atoms with van der Waals surface area (Å²) in [4.78, 5) is 0. The average Bonchev–Trinajstić information content (AvgIpc) is 2.83. The lowest BCUT2D eigenvalue weighted by atomic mass is 10.1. The highest BCUT2D eigenvalue weighted by molar-refractivity contribution is 7.91. The summed E-state index contributed by atoms with van der Waals surface area (Å²) >= 11 is 0. The largest absolute Gasteiger partial charge is 0.229 e. The first-order chi connectivity index (χ1) is 6.50. The van der Waals surface area contributed by atoms with Crippen molar-refractivity contribution in [1.82, 2.24) is 0 Å². The van der Waals surface area contributed by atoms with Crippen LogP contribution in [0.15, 0.2) is 24.3 Å². The Balaban J connectivity index is 2.26. The van der Waals surface area contributed by atoms with Crippen LogP contribution in [0.25, 0.3) is 0 Å². The van der Waals surface area contributed by atoms with Gasteiger partial charge in [-0.3, -0.25) is 0 Å². The number of rotatable bonds is 2. The zero-order valence-corrected chi connectivity index (χ0v) is 8.59. The minimum Gasteiger partial charge on any atom is -0.229 e. The van der Waals surface area contributed by atoms with Crippen LogP contribution >= 0.6 is 0 Å². The summed E-state index contributed by atoms with van der Waals surface area (Å²) in [5.74, 6) is -0.435. The van der Waals surface area contributed by atoms with Crippen molar-refractivity contribution in [1.29, 1.82) is 0 Å². The lowest BCUT2D eigenvalue weighted by Gasteiger charge is -2.00. The molecule has 1 aromatic carbocycles. The summed E-state index contributed by atoms with van der Waals surface area (Å²) in [6.07, 6.45) is 1.76. The summed E-state index contributed by atoms with van der Waals surface area (Å²) in [7, 11) is -3.01. The van der Waals surface area contributed by atoms with Crippen molar-refractivity contribution >= 4 is 9.84 Å². The van der Waals surface area contributed by atoms with Gasteiger partial charge in [0.1, 0.15) is 5.82 Å². The van der Waals surface area contributed by atoms with Crippen LogP contribution in [0, 0.1) is 5.82 Å². The maximum absolute atomic E-state index is 13.2. The van der Waals surface area contributed by atoms with Crippen LogP contribution in [0.3, 0.4) is 0 Å². The smallest absolute Gasteiger partial charge is 0.150 e. The number of hydrogen-bond donors (Lipinski definition) is 0. The van der Waals surface area contributed by atoms with Crippen LogP contribution < -0.4 is 0 Å². The van der Waals surface area contributed by atoms with Gasteiger partial charge in [-0.15, -0.1) is 0 Å². The van der Waals surface area contributed by atoms with Crippen LogP contribution in [0.4, 0.5) is 4.39 Å². The standard InChI is InChI=1S/C10H11FO2S/c1-14(12,13)10-6-8(10)7-4-2-3-5-9(7)11/h2-5,8,10H,6H2,1H3/t8-,10-/m1/s1. The van der Waals surface area contributed by atoms with Gasteiger partial charge in [0.2, 0.25) is 0 Å². The van der Waals surface area contributed by atoms with Gasteiger partial charge in [-0.2, -0.15) is 0 Å². The topological polar surface area (TPSA) is 34.1 Å². The van der Waals surface area contributed by atoms with E-state index in [1.54, 1.807) is 18.2 Å². The minimum absolute atomic E-state index is 0.133. The van der Waals surface area contributed by atoms with Gasteiger partial charge in [0.25, 0.3) is 0 Å². The highest BCUT2D eigenvalue weighted by Crippen LogP contribution is 2.46. The molecule has 0 bridgehead atoms. The second kappa shape index (κ2) is 3.05. The van der Waals surface area contributed by atoms with E-state index in [-0.39, 0.29) is 17.0 Å². The molecule has 76 valence electrons. The third kappa shape index (κ3) is 1.66. The van der Waals surface area contributed by atoms with Crippen molar-refractivity contribution in [2.45, 2.75) is 17.6 Å². The molecule has 1 fully saturated rings. The van der Waals surface area contributed by atoms with E-state index < -0.39 is 9.84 Å². The van der Waals surface area contributed by atoms with Crippen molar-refractivity contribution in [3.8, 4) is 0 Å². The Kier molecular flexibility index (Phi) is 2.10. The van der Waals surface area contributed by atoms with Crippen LogP contribution in [0.1, 0.15) is 17.9 Å². The van der Waals surface area contributed by atoms with Crippen LogP contribution in [0.2, 0.25) is 0 Å². The third-order valence-electron chi connectivity index (χ3n) is 2.59. The molecule has 1 aliphatic rings. The number of halogens is 1. The molecule has 0 N–H and O–H groups in total. The Hall–Kier alpha value is -0.900. The van der Waals surface area contributed by atoms with Gasteiger partial charge in [-0.05, 0) is 18.1 Å². The Morgan fingerprint density at radius 1 is 1.36 bits per heavy atom. The first kappa shape index (κ1) is 9.65. The molecular formula is C10H11FO2S.